The molecule has 21 heavy (non-hydrogen) atoms. The van der Waals surface area contributed by atoms with Gasteiger partial charge < -0.3 is 19.3 Å². The highest BCUT2D eigenvalue weighted by atomic mass is 16.5. The molecule has 2 fully saturated rings. The van der Waals surface area contributed by atoms with Gasteiger partial charge in [0.2, 0.25) is 0 Å². The fraction of sp³-hybridized carbons (Fsp3) is 0.562. The van der Waals surface area contributed by atoms with Crippen molar-refractivity contribution in [2.24, 2.45) is 0 Å². The Hall–Kier alpha value is -1.75. The molecule has 0 N–H and O–H groups in total. The van der Waals surface area contributed by atoms with Gasteiger partial charge in [0.15, 0.2) is 0 Å². The van der Waals surface area contributed by atoms with E-state index in [-0.39, 0.29) is 12.1 Å². The average molecular weight is 290 g/mol. The van der Waals surface area contributed by atoms with Crippen molar-refractivity contribution < 1.29 is 14.3 Å². The Morgan fingerprint density at radius 3 is 2.29 bits per heavy atom. The van der Waals surface area contributed by atoms with Crippen LogP contribution in [0.5, 0.6) is 5.75 Å². The van der Waals surface area contributed by atoms with Crippen molar-refractivity contribution in [2.45, 2.75) is 18.9 Å². The van der Waals surface area contributed by atoms with Gasteiger partial charge in [-0.1, -0.05) is 18.2 Å². The largest absolute Gasteiger partial charge is 0.490 e. The molecule has 0 bridgehead atoms. The predicted octanol–water partition coefficient (Wildman–Crippen LogP) is 1.98. The molecule has 2 heterocycles. The van der Waals surface area contributed by atoms with Gasteiger partial charge in [0, 0.05) is 39.0 Å². The van der Waals surface area contributed by atoms with Gasteiger partial charge >= 0.3 is 6.03 Å². The Bertz CT molecular complexity index is 452. The van der Waals surface area contributed by atoms with Crippen LogP contribution in [0.1, 0.15) is 12.8 Å². The summed E-state index contributed by atoms with van der Waals surface area (Å²) in [6.07, 6.45) is 2.00. The van der Waals surface area contributed by atoms with Crippen LogP contribution in [-0.2, 0) is 4.74 Å². The molecule has 2 amide bonds. The minimum absolute atomic E-state index is 0.150. The number of piperidine rings is 1. The summed E-state index contributed by atoms with van der Waals surface area (Å²) >= 11 is 0. The van der Waals surface area contributed by atoms with Crippen LogP contribution >= 0.6 is 0 Å². The van der Waals surface area contributed by atoms with E-state index in [1.54, 1.807) is 0 Å². The van der Waals surface area contributed by atoms with Crippen LogP contribution in [-0.4, -0.2) is 61.3 Å². The minimum atomic E-state index is 0.150. The highest BCUT2D eigenvalue weighted by Gasteiger charge is 2.27. The molecule has 3 rings (SSSR count). The third-order valence-corrected chi connectivity index (χ3v) is 4.04. The number of carbonyl (C=O) groups excluding carboxylic acids is 1. The van der Waals surface area contributed by atoms with Crippen LogP contribution in [0.3, 0.4) is 0 Å². The standard InChI is InChI=1S/C16H22N2O3/c19-16(18-10-12-20-13-11-18)17-8-6-15(7-9-17)21-14-4-2-1-3-5-14/h1-5,15H,6-13H2. The first-order valence-corrected chi connectivity index (χ1v) is 7.66. The van der Waals surface area contributed by atoms with Crippen molar-refractivity contribution in [1.82, 2.24) is 9.80 Å². The van der Waals surface area contributed by atoms with Gasteiger partial charge in [0.1, 0.15) is 11.9 Å². The number of nitrogens with zero attached hydrogens (tertiary/aromatic N) is 2. The van der Waals surface area contributed by atoms with E-state index in [2.05, 4.69) is 0 Å². The molecule has 0 saturated carbocycles. The van der Waals surface area contributed by atoms with Crippen LogP contribution in [0.15, 0.2) is 30.3 Å². The van der Waals surface area contributed by atoms with Gasteiger partial charge in [0.05, 0.1) is 13.2 Å². The van der Waals surface area contributed by atoms with E-state index >= 15 is 0 Å². The van der Waals surface area contributed by atoms with Gasteiger partial charge in [-0.25, -0.2) is 4.79 Å². The Kier molecular flexibility index (Phi) is 4.60. The maximum atomic E-state index is 12.4. The number of amides is 2. The second-order valence-electron chi connectivity index (χ2n) is 5.50. The molecule has 0 unspecified atom stereocenters. The van der Waals surface area contributed by atoms with Crippen LogP contribution in [0.2, 0.25) is 0 Å². The molecule has 0 aromatic heterocycles. The quantitative estimate of drug-likeness (QED) is 0.836. The molecule has 2 aliphatic heterocycles. The van der Waals surface area contributed by atoms with Gasteiger partial charge in [0.25, 0.3) is 0 Å². The number of ether oxygens (including phenoxy) is 2. The maximum Gasteiger partial charge on any atom is 0.320 e. The minimum Gasteiger partial charge on any atom is -0.490 e. The van der Waals surface area contributed by atoms with Crippen molar-refractivity contribution in [3.8, 4) is 5.75 Å². The summed E-state index contributed by atoms with van der Waals surface area (Å²) in [7, 11) is 0. The van der Waals surface area contributed by atoms with E-state index in [1.807, 2.05) is 40.1 Å². The Balaban J connectivity index is 1.47. The highest BCUT2D eigenvalue weighted by Crippen LogP contribution is 2.19. The lowest BCUT2D eigenvalue weighted by molar-refractivity contribution is 0.0360. The van der Waals surface area contributed by atoms with Crippen LogP contribution in [0.4, 0.5) is 4.79 Å². The average Bonchev–Trinajstić information content (AvgIpc) is 2.57. The fourth-order valence-corrected chi connectivity index (χ4v) is 2.81. The normalized spacial score (nSPS) is 20.4. The Labute approximate surface area is 125 Å². The van der Waals surface area contributed by atoms with Gasteiger partial charge in [-0.05, 0) is 12.1 Å². The van der Waals surface area contributed by atoms with Crippen LogP contribution < -0.4 is 4.74 Å². The molecule has 0 atom stereocenters. The Morgan fingerprint density at radius 2 is 1.62 bits per heavy atom. The number of hydrogen-bond donors (Lipinski definition) is 0. The molecule has 5 heteroatoms. The lowest BCUT2D eigenvalue weighted by Gasteiger charge is -2.37. The molecule has 2 saturated heterocycles. The zero-order chi connectivity index (χ0) is 14.5. The topological polar surface area (TPSA) is 42.0 Å². The zero-order valence-corrected chi connectivity index (χ0v) is 12.2. The van der Waals surface area contributed by atoms with Crippen molar-refractivity contribution >= 4 is 6.03 Å². The number of rotatable bonds is 2. The molecule has 1 aromatic carbocycles. The number of likely N-dealkylation sites (tertiary alicyclic amines) is 1. The summed E-state index contributed by atoms with van der Waals surface area (Å²) in [6, 6.07) is 10.0. The number of morpholine rings is 1. The number of para-hydroxylation sites is 1. The molecule has 0 aliphatic carbocycles. The molecule has 114 valence electrons. The molecule has 0 radical (unpaired) electrons. The van der Waals surface area contributed by atoms with E-state index in [0.29, 0.717) is 26.3 Å². The summed E-state index contributed by atoms with van der Waals surface area (Å²) < 4.78 is 11.2. The summed E-state index contributed by atoms with van der Waals surface area (Å²) in [6.45, 7) is 4.26. The first-order chi connectivity index (χ1) is 10.3. The van der Waals surface area contributed by atoms with E-state index in [4.69, 9.17) is 9.47 Å². The predicted molar refractivity (Wildman–Crippen MR) is 79.5 cm³/mol. The fourth-order valence-electron chi connectivity index (χ4n) is 2.81. The molecule has 2 aliphatic rings. The van der Waals surface area contributed by atoms with E-state index in [9.17, 15) is 4.79 Å². The van der Waals surface area contributed by atoms with Crippen molar-refractivity contribution in [3.05, 3.63) is 30.3 Å². The number of carbonyl (C=O) groups is 1. The van der Waals surface area contributed by atoms with Crippen LogP contribution in [0.25, 0.3) is 0 Å². The van der Waals surface area contributed by atoms with E-state index < -0.39 is 0 Å². The highest BCUT2D eigenvalue weighted by molar-refractivity contribution is 5.74. The third kappa shape index (κ3) is 3.67. The monoisotopic (exact) mass is 290 g/mol. The first-order valence-electron chi connectivity index (χ1n) is 7.66. The number of urea groups is 1. The Morgan fingerprint density at radius 1 is 1.00 bits per heavy atom. The van der Waals surface area contributed by atoms with Crippen LogP contribution in [0, 0.1) is 0 Å². The van der Waals surface area contributed by atoms with Gasteiger partial charge in [-0.2, -0.15) is 0 Å². The summed E-state index contributed by atoms with van der Waals surface area (Å²) in [5.41, 5.74) is 0. The zero-order valence-electron chi connectivity index (χ0n) is 12.2. The lowest BCUT2D eigenvalue weighted by Crippen LogP contribution is -2.51. The second kappa shape index (κ2) is 6.80. The number of benzene rings is 1. The maximum absolute atomic E-state index is 12.4. The summed E-state index contributed by atoms with van der Waals surface area (Å²) in [4.78, 5) is 16.2. The molecular formula is C16H22N2O3. The molecule has 1 aromatic rings. The lowest BCUT2D eigenvalue weighted by atomic mass is 10.1. The molecule has 0 spiro atoms. The van der Waals surface area contributed by atoms with E-state index in [1.165, 1.54) is 0 Å². The van der Waals surface area contributed by atoms with Crippen molar-refractivity contribution in [2.75, 3.05) is 39.4 Å². The van der Waals surface area contributed by atoms with Gasteiger partial charge in [-0.3, -0.25) is 0 Å². The van der Waals surface area contributed by atoms with Crippen molar-refractivity contribution in [3.63, 3.8) is 0 Å². The smallest absolute Gasteiger partial charge is 0.320 e. The summed E-state index contributed by atoms with van der Waals surface area (Å²) in [5.74, 6) is 0.912. The SMILES string of the molecule is O=C(N1CCOCC1)N1CCC(Oc2ccccc2)CC1. The third-order valence-electron chi connectivity index (χ3n) is 4.04. The summed E-state index contributed by atoms with van der Waals surface area (Å²) in [5, 5.41) is 0. The second-order valence-corrected chi connectivity index (χ2v) is 5.50. The van der Waals surface area contributed by atoms with Gasteiger partial charge in [-0.15, -0.1) is 0 Å². The molecule has 5 nitrogen and oxygen atoms in total. The number of hydrogen-bond acceptors (Lipinski definition) is 3. The first kappa shape index (κ1) is 14.2. The van der Waals surface area contributed by atoms with Crippen molar-refractivity contribution in [1.29, 1.82) is 0 Å². The van der Waals surface area contributed by atoms with E-state index in [0.717, 1.165) is 31.7 Å². The molecular weight excluding hydrogens is 268 g/mol.